The number of amides is 3. The van der Waals surface area contributed by atoms with Crippen LogP contribution in [0.15, 0.2) is 30.3 Å². The monoisotopic (exact) mass is 473 g/mol. The molecule has 3 amide bonds. The smallest absolute Gasteiger partial charge is 0.257 e. The van der Waals surface area contributed by atoms with E-state index in [1.54, 1.807) is 36.7 Å². The highest BCUT2D eigenvalue weighted by molar-refractivity contribution is 6.32. The van der Waals surface area contributed by atoms with Gasteiger partial charge >= 0.3 is 0 Å². The number of halogens is 1. The summed E-state index contributed by atoms with van der Waals surface area (Å²) in [6, 6.07) is 7.00. The molecular formula is C23H24ClN3O6. The van der Waals surface area contributed by atoms with E-state index >= 15 is 0 Å². The van der Waals surface area contributed by atoms with E-state index in [9.17, 15) is 19.5 Å². The van der Waals surface area contributed by atoms with Crippen molar-refractivity contribution in [3.8, 4) is 11.5 Å². The Morgan fingerprint density at radius 2 is 2.03 bits per heavy atom. The molecule has 4 rings (SSSR count). The molecule has 9 nitrogen and oxygen atoms in total. The Morgan fingerprint density at radius 1 is 1.27 bits per heavy atom. The van der Waals surface area contributed by atoms with Gasteiger partial charge in [0.2, 0.25) is 11.8 Å². The molecule has 0 radical (unpaired) electrons. The molecule has 1 heterocycles. The Morgan fingerprint density at radius 3 is 2.70 bits per heavy atom. The van der Waals surface area contributed by atoms with Crippen molar-refractivity contribution in [3.05, 3.63) is 52.0 Å². The van der Waals surface area contributed by atoms with Crippen molar-refractivity contribution in [2.24, 2.45) is 5.92 Å². The lowest BCUT2D eigenvalue weighted by Gasteiger charge is -2.28. The molecule has 1 atom stereocenters. The molecule has 2 aromatic rings. The molecule has 33 heavy (non-hydrogen) atoms. The number of fused-ring (bicyclic) bond motifs is 1. The van der Waals surface area contributed by atoms with Gasteiger partial charge in [-0.2, -0.15) is 0 Å². The summed E-state index contributed by atoms with van der Waals surface area (Å²) in [6.45, 7) is 2.18. The highest BCUT2D eigenvalue weighted by Crippen LogP contribution is 2.41. The lowest BCUT2D eigenvalue weighted by Crippen LogP contribution is -2.33. The van der Waals surface area contributed by atoms with Crippen LogP contribution in [0, 0.1) is 5.92 Å². The van der Waals surface area contributed by atoms with E-state index in [-0.39, 0.29) is 41.9 Å². The second kappa shape index (κ2) is 9.29. The van der Waals surface area contributed by atoms with Crippen molar-refractivity contribution in [1.82, 2.24) is 10.4 Å². The lowest BCUT2D eigenvalue weighted by atomic mass is 10.0. The van der Waals surface area contributed by atoms with Crippen molar-refractivity contribution in [3.63, 3.8) is 0 Å². The molecule has 0 aromatic heterocycles. The number of hydroxylamine groups is 1. The number of nitrogens with one attached hydrogen (secondary N) is 2. The summed E-state index contributed by atoms with van der Waals surface area (Å²) in [6.07, 6.45) is 1.40. The van der Waals surface area contributed by atoms with E-state index in [1.807, 2.05) is 0 Å². The fraction of sp³-hybridized carbons (Fsp3) is 0.348. The van der Waals surface area contributed by atoms with Gasteiger partial charge in [0.25, 0.3) is 5.91 Å². The highest BCUT2D eigenvalue weighted by Gasteiger charge is 2.39. The number of ether oxygens (including phenoxy) is 1. The average Bonchev–Trinajstić information content (AvgIpc) is 3.59. The summed E-state index contributed by atoms with van der Waals surface area (Å²) in [5, 5.41) is 22.4. The Labute approximate surface area is 195 Å². The Hall–Kier alpha value is -3.30. The number of hydrogen-bond donors (Lipinski definition) is 4. The molecule has 1 aliphatic heterocycles. The number of phenolic OH excluding ortho intramolecular Hbond substituents is 1. The molecule has 1 fully saturated rings. The second-order valence-electron chi connectivity index (χ2n) is 8.06. The zero-order chi connectivity index (χ0) is 23.7. The molecule has 4 N–H and O–H groups in total. The number of rotatable bonds is 8. The Bertz CT molecular complexity index is 1120. The predicted octanol–water partition coefficient (Wildman–Crippen LogP) is 3.39. The summed E-state index contributed by atoms with van der Waals surface area (Å²) in [5.74, 6) is -1.14. The molecule has 0 spiro atoms. The van der Waals surface area contributed by atoms with Gasteiger partial charge in [-0.3, -0.25) is 19.6 Å². The van der Waals surface area contributed by atoms with E-state index in [0.717, 1.165) is 12.8 Å². The fourth-order valence-corrected chi connectivity index (χ4v) is 4.20. The summed E-state index contributed by atoms with van der Waals surface area (Å²) < 4.78 is 5.45. The summed E-state index contributed by atoms with van der Waals surface area (Å²) in [5.41, 5.74) is 3.35. The van der Waals surface area contributed by atoms with E-state index in [1.165, 1.54) is 11.0 Å². The third kappa shape index (κ3) is 4.60. The minimum atomic E-state index is -0.792. The molecule has 2 aromatic carbocycles. The molecule has 2 aliphatic rings. The van der Waals surface area contributed by atoms with Crippen LogP contribution in [0.25, 0.3) is 0 Å². The fourth-order valence-electron chi connectivity index (χ4n) is 3.98. The minimum absolute atomic E-state index is 0.0427. The molecule has 174 valence electrons. The molecule has 1 aliphatic carbocycles. The molecule has 0 unspecified atom stereocenters. The summed E-state index contributed by atoms with van der Waals surface area (Å²) in [7, 11) is 0. The van der Waals surface area contributed by atoms with Crippen LogP contribution in [-0.2, 0) is 16.1 Å². The largest absolute Gasteiger partial charge is 0.504 e. The third-order valence-electron chi connectivity index (χ3n) is 5.81. The van der Waals surface area contributed by atoms with Crippen molar-refractivity contribution in [2.45, 2.75) is 38.8 Å². The van der Waals surface area contributed by atoms with Gasteiger partial charge in [-0.05, 0) is 49.6 Å². The number of hydrogen-bond acceptors (Lipinski definition) is 6. The first kappa shape index (κ1) is 22.9. The number of phenols is 1. The van der Waals surface area contributed by atoms with Gasteiger partial charge in [-0.25, -0.2) is 5.48 Å². The first-order valence-electron chi connectivity index (χ1n) is 10.7. The van der Waals surface area contributed by atoms with Crippen molar-refractivity contribution >= 4 is 35.0 Å². The summed E-state index contributed by atoms with van der Waals surface area (Å²) >= 11 is 6.39. The van der Waals surface area contributed by atoms with Gasteiger partial charge in [0, 0.05) is 23.0 Å². The normalized spacial score (nSPS) is 15.7. The number of anilines is 1. The SMILES string of the molecule is CCOc1cc([C@@H](CC(=O)NO)N2Cc3c(Cl)ccc(NC(=O)C4CC4)c3C2=O)ccc1O. The topological polar surface area (TPSA) is 128 Å². The van der Waals surface area contributed by atoms with Gasteiger partial charge in [-0.1, -0.05) is 17.7 Å². The average molecular weight is 474 g/mol. The maximum Gasteiger partial charge on any atom is 0.257 e. The van der Waals surface area contributed by atoms with Crippen molar-refractivity contribution in [2.75, 3.05) is 11.9 Å². The standard InChI is InChI=1S/C23H24ClN3O6/c1-2-33-19-9-13(5-8-18(19)28)17(10-20(29)26-32)27-11-14-15(24)6-7-16(21(14)23(27)31)25-22(30)12-3-4-12/h5-9,12,17,28,32H,2-4,10-11H2,1H3,(H,25,30)(H,26,29)/t17-/m1/s1. The van der Waals surface area contributed by atoms with Crippen molar-refractivity contribution < 1.29 is 29.4 Å². The first-order valence-corrected chi connectivity index (χ1v) is 11.0. The van der Waals surface area contributed by atoms with Crippen LogP contribution in [0.3, 0.4) is 0 Å². The van der Waals surface area contributed by atoms with Gasteiger partial charge in [0.1, 0.15) is 0 Å². The van der Waals surface area contributed by atoms with Gasteiger partial charge in [0.15, 0.2) is 11.5 Å². The maximum atomic E-state index is 13.5. The van der Waals surface area contributed by atoms with E-state index in [4.69, 9.17) is 21.5 Å². The molecule has 10 heteroatoms. The van der Waals surface area contributed by atoms with Crippen LogP contribution < -0.4 is 15.5 Å². The van der Waals surface area contributed by atoms with Crippen LogP contribution in [-0.4, -0.2) is 39.5 Å². The zero-order valence-corrected chi connectivity index (χ0v) is 18.7. The molecule has 1 saturated carbocycles. The number of carbonyl (C=O) groups excluding carboxylic acids is 3. The number of benzene rings is 2. The number of nitrogens with zero attached hydrogens (tertiary/aromatic N) is 1. The van der Waals surface area contributed by atoms with Crippen molar-refractivity contribution in [1.29, 1.82) is 0 Å². The lowest BCUT2D eigenvalue weighted by molar-refractivity contribution is -0.130. The molecular weight excluding hydrogens is 450 g/mol. The van der Waals surface area contributed by atoms with Crippen LogP contribution in [0.1, 0.15) is 53.7 Å². The first-order chi connectivity index (χ1) is 15.8. The van der Waals surface area contributed by atoms with Gasteiger partial charge in [0.05, 0.1) is 30.3 Å². The third-order valence-corrected chi connectivity index (χ3v) is 6.17. The van der Waals surface area contributed by atoms with Crippen LogP contribution in [0.4, 0.5) is 5.69 Å². The maximum absolute atomic E-state index is 13.5. The quantitative estimate of drug-likeness (QED) is 0.343. The van der Waals surface area contributed by atoms with Crippen LogP contribution >= 0.6 is 11.6 Å². The second-order valence-corrected chi connectivity index (χ2v) is 8.47. The number of aromatic hydroxyl groups is 1. The van der Waals surface area contributed by atoms with E-state index in [2.05, 4.69) is 5.32 Å². The van der Waals surface area contributed by atoms with E-state index in [0.29, 0.717) is 28.4 Å². The molecule has 0 bridgehead atoms. The predicted molar refractivity (Wildman–Crippen MR) is 119 cm³/mol. The van der Waals surface area contributed by atoms with Gasteiger partial charge in [-0.15, -0.1) is 0 Å². The van der Waals surface area contributed by atoms with Gasteiger partial charge < -0.3 is 20.1 Å². The highest BCUT2D eigenvalue weighted by atomic mass is 35.5. The Balaban J connectivity index is 1.71. The van der Waals surface area contributed by atoms with Crippen LogP contribution in [0.5, 0.6) is 11.5 Å². The molecule has 0 saturated heterocycles. The number of carbonyl (C=O) groups is 3. The van der Waals surface area contributed by atoms with E-state index < -0.39 is 17.9 Å². The zero-order valence-electron chi connectivity index (χ0n) is 17.9. The Kier molecular flexibility index (Phi) is 6.44. The summed E-state index contributed by atoms with van der Waals surface area (Å²) in [4.78, 5) is 39.4. The van der Waals surface area contributed by atoms with Crippen LogP contribution in [0.2, 0.25) is 5.02 Å². The minimum Gasteiger partial charge on any atom is -0.504 e.